The molecule has 1 aromatic heterocycles. The molecule has 2 aliphatic rings. The van der Waals surface area contributed by atoms with E-state index in [4.69, 9.17) is 19.3 Å². The van der Waals surface area contributed by atoms with Crippen LogP contribution in [0.4, 0.5) is 5.82 Å². The molecule has 1 N–H and O–H groups in total. The molecule has 9 nitrogen and oxygen atoms in total. The van der Waals surface area contributed by atoms with Crippen LogP contribution in [-0.2, 0) is 19.7 Å². The fraction of sp³-hybridized carbons (Fsp3) is 0.469. The molecule has 224 valence electrons. The lowest BCUT2D eigenvalue weighted by Crippen LogP contribution is -2.44. The van der Waals surface area contributed by atoms with Crippen molar-refractivity contribution in [1.82, 2.24) is 15.1 Å². The van der Waals surface area contributed by atoms with Crippen LogP contribution < -0.4 is 19.7 Å². The van der Waals surface area contributed by atoms with Crippen LogP contribution in [0.25, 0.3) is 5.69 Å². The molecule has 2 aliphatic heterocycles. The van der Waals surface area contributed by atoms with Gasteiger partial charge >= 0.3 is 0 Å². The normalized spacial score (nSPS) is 18.9. The lowest BCUT2D eigenvalue weighted by molar-refractivity contribution is -0.123. The monoisotopic (exact) mass is 592 g/mol. The minimum absolute atomic E-state index is 0.00937. The summed E-state index contributed by atoms with van der Waals surface area (Å²) in [7, 11) is 3.28. The maximum absolute atomic E-state index is 13.9. The molecule has 2 aromatic carbocycles. The van der Waals surface area contributed by atoms with Gasteiger partial charge in [0.05, 0.1) is 42.7 Å². The molecule has 0 bridgehead atoms. The third-order valence-electron chi connectivity index (χ3n) is 7.62. The fourth-order valence-corrected chi connectivity index (χ4v) is 6.75. The third-order valence-corrected chi connectivity index (χ3v) is 8.85. The van der Waals surface area contributed by atoms with Crippen molar-refractivity contribution >= 4 is 29.4 Å². The van der Waals surface area contributed by atoms with Gasteiger partial charge in [-0.25, -0.2) is 4.68 Å². The van der Waals surface area contributed by atoms with Gasteiger partial charge in [-0.3, -0.25) is 14.5 Å². The van der Waals surface area contributed by atoms with Gasteiger partial charge in [-0.15, -0.1) is 11.8 Å². The molecule has 1 fully saturated rings. The van der Waals surface area contributed by atoms with Gasteiger partial charge in [0, 0.05) is 29.7 Å². The van der Waals surface area contributed by atoms with Crippen molar-refractivity contribution in [3.05, 3.63) is 64.8 Å². The minimum atomic E-state index is -0.370. The first-order chi connectivity index (χ1) is 20.1. The number of ether oxygens (including phenoxy) is 3. The number of rotatable bonds is 8. The summed E-state index contributed by atoms with van der Waals surface area (Å²) < 4.78 is 18.9. The van der Waals surface area contributed by atoms with Crippen molar-refractivity contribution in [1.29, 1.82) is 0 Å². The number of nitrogens with zero attached hydrogens (tertiary/aromatic N) is 3. The average molecular weight is 593 g/mol. The number of amides is 2. The number of nitrogens with one attached hydrogen (secondary N) is 1. The average Bonchev–Trinajstić information content (AvgIpc) is 3.61. The number of methoxy groups -OCH3 is 2. The second-order valence-corrected chi connectivity index (χ2v) is 12.9. The molecule has 0 radical (unpaired) electrons. The van der Waals surface area contributed by atoms with Crippen molar-refractivity contribution < 1.29 is 23.8 Å². The first-order valence-corrected chi connectivity index (χ1v) is 15.4. The summed E-state index contributed by atoms with van der Waals surface area (Å²) in [5.41, 5.74) is 4.14. The van der Waals surface area contributed by atoms with Crippen LogP contribution in [0.5, 0.6) is 11.5 Å². The van der Waals surface area contributed by atoms with Gasteiger partial charge in [0.2, 0.25) is 11.8 Å². The highest BCUT2D eigenvalue weighted by atomic mass is 32.2. The molecule has 3 heterocycles. The first kappa shape index (κ1) is 30.0. The quantitative estimate of drug-likeness (QED) is 0.395. The molecule has 0 saturated carbocycles. The van der Waals surface area contributed by atoms with E-state index in [-0.39, 0.29) is 40.9 Å². The molecule has 0 aliphatic carbocycles. The number of benzene rings is 2. The second-order valence-electron chi connectivity index (χ2n) is 11.8. The lowest BCUT2D eigenvalue weighted by atomic mass is 9.87. The molecule has 0 unspecified atom stereocenters. The van der Waals surface area contributed by atoms with E-state index in [2.05, 4.69) is 26.1 Å². The van der Waals surface area contributed by atoms with Crippen LogP contribution in [0.2, 0.25) is 0 Å². The number of aryl methyl sites for hydroxylation is 1. The Balaban J connectivity index is 1.70. The Morgan fingerprint density at radius 2 is 1.98 bits per heavy atom. The Bertz CT molecular complexity index is 1460. The number of aromatic nitrogens is 2. The van der Waals surface area contributed by atoms with E-state index < -0.39 is 0 Å². The fourth-order valence-electron chi connectivity index (χ4n) is 5.54. The number of anilines is 1. The van der Waals surface area contributed by atoms with Crippen molar-refractivity contribution in [2.75, 3.05) is 44.6 Å². The lowest BCUT2D eigenvalue weighted by Gasteiger charge is -2.25. The summed E-state index contributed by atoms with van der Waals surface area (Å²) in [6.07, 6.45) is 1.92. The van der Waals surface area contributed by atoms with E-state index in [1.807, 2.05) is 54.1 Å². The maximum Gasteiger partial charge on any atom is 0.240 e. The van der Waals surface area contributed by atoms with E-state index in [9.17, 15) is 9.59 Å². The van der Waals surface area contributed by atoms with E-state index in [0.29, 0.717) is 30.5 Å². The minimum Gasteiger partial charge on any atom is -0.497 e. The highest BCUT2D eigenvalue weighted by molar-refractivity contribution is 8.00. The largest absolute Gasteiger partial charge is 0.497 e. The second kappa shape index (κ2) is 12.4. The van der Waals surface area contributed by atoms with E-state index >= 15 is 0 Å². The molecule has 3 aromatic rings. The number of thioether (sulfide) groups is 1. The van der Waals surface area contributed by atoms with Gasteiger partial charge in [0.25, 0.3) is 0 Å². The molecular weight excluding hydrogens is 552 g/mol. The predicted octanol–water partition coefficient (Wildman–Crippen LogP) is 4.96. The van der Waals surface area contributed by atoms with Crippen LogP contribution in [0, 0.1) is 6.92 Å². The van der Waals surface area contributed by atoms with Crippen LogP contribution in [-0.4, -0.2) is 67.4 Å². The Kier molecular flexibility index (Phi) is 8.84. The Morgan fingerprint density at radius 1 is 1.17 bits per heavy atom. The molecule has 10 heteroatoms. The maximum atomic E-state index is 13.9. The van der Waals surface area contributed by atoms with Gasteiger partial charge in [-0.1, -0.05) is 32.9 Å². The number of fused-ring (bicyclic) bond motifs is 1. The Morgan fingerprint density at radius 3 is 2.64 bits per heavy atom. The zero-order chi connectivity index (χ0) is 30.0. The van der Waals surface area contributed by atoms with Crippen molar-refractivity contribution in [2.24, 2.45) is 0 Å². The number of carbonyl (C=O) groups excluding carboxylic acids is 2. The third kappa shape index (κ3) is 6.15. The van der Waals surface area contributed by atoms with E-state index in [0.717, 1.165) is 40.9 Å². The zero-order valence-corrected chi connectivity index (χ0v) is 26.0. The smallest absolute Gasteiger partial charge is 0.240 e. The van der Waals surface area contributed by atoms with Crippen LogP contribution in [0.1, 0.15) is 61.2 Å². The number of hydrogen-bond acceptors (Lipinski definition) is 7. The van der Waals surface area contributed by atoms with E-state index in [1.54, 1.807) is 19.1 Å². The van der Waals surface area contributed by atoms with Gasteiger partial charge in [0.15, 0.2) is 0 Å². The zero-order valence-electron chi connectivity index (χ0n) is 25.2. The van der Waals surface area contributed by atoms with Crippen molar-refractivity contribution in [2.45, 2.75) is 57.3 Å². The predicted molar refractivity (Wildman–Crippen MR) is 165 cm³/mol. The Hall–Kier alpha value is -3.50. The highest BCUT2D eigenvalue weighted by Crippen LogP contribution is 2.51. The molecule has 5 rings (SSSR count). The van der Waals surface area contributed by atoms with Gasteiger partial charge in [-0.2, -0.15) is 5.10 Å². The molecule has 0 spiro atoms. The summed E-state index contributed by atoms with van der Waals surface area (Å²) in [5.74, 6) is 1.77. The van der Waals surface area contributed by atoms with Crippen molar-refractivity contribution in [3.63, 3.8) is 0 Å². The van der Waals surface area contributed by atoms with E-state index in [1.165, 1.54) is 11.8 Å². The number of hydrogen-bond donors (Lipinski definition) is 1. The first-order valence-electron chi connectivity index (χ1n) is 14.3. The van der Waals surface area contributed by atoms with Gasteiger partial charge < -0.3 is 19.5 Å². The molecule has 1 saturated heterocycles. The highest BCUT2D eigenvalue weighted by Gasteiger charge is 2.41. The molecule has 2 amide bonds. The molecule has 42 heavy (non-hydrogen) atoms. The molecule has 2 atom stereocenters. The Labute approximate surface area is 251 Å². The van der Waals surface area contributed by atoms with Crippen LogP contribution >= 0.6 is 11.8 Å². The summed E-state index contributed by atoms with van der Waals surface area (Å²) in [4.78, 5) is 28.9. The van der Waals surface area contributed by atoms with Crippen LogP contribution in [0.15, 0.2) is 42.5 Å². The number of carbonyl (C=O) groups is 2. The standard InChI is InChI=1S/C32H40N4O5S/c1-20-9-7-10-21(15-20)36-31-28(30(34-36)32(2,3)4)29(24-16-22(39-5)12-13-25(24)40-6)42-19-27(38)35(31)18-26(37)33-17-23-11-8-14-41-23/h7,9-10,12-13,15-16,23,29H,8,11,14,17-19H2,1-6H3,(H,33,37)/t23-,29+/m0/s1. The summed E-state index contributed by atoms with van der Waals surface area (Å²) in [6, 6.07) is 13.7. The summed E-state index contributed by atoms with van der Waals surface area (Å²) in [5, 5.41) is 7.87. The topological polar surface area (TPSA) is 94.9 Å². The molecular formula is C32H40N4O5S. The van der Waals surface area contributed by atoms with Crippen LogP contribution in [0.3, 0.4) is 0 Å². The summed E-state index contributed by atoms with van der Waals surface area (Å²) >= 11 is 1.51. The van der Waals surface area contributed by atoms with Crippen molar-refractivity contribution in [3.8, 4) is 17.2 Å². The van der Waals surface area contributed by atoms with Gasteiger partial charge in [0.1, 0.15) is 23.9 Å². The van der Waals surface area contributed by atoms with Gasteiger partial charge in [-0.05, 0) is 55.7 Å². The SMILES string of the molecule is COc1ccc(OC)c([C@H]2SCC(=O)N(CC(=O)NC[C@@H]3CCCO3)c3c2c(C(C)(C)C)nn3-c2cccc(C)c2)c1. The summed E-state index contributed by atoms with van der Waals surface area (Å²) in [6.45, 7) is 9.40.